The molecule has 142 valence electrons. The van der Waals surface area contributed by atoms with Crippen molar-refractivity contribution in [2.24, 2.45) is 7.05 Å². The summed E-state index contributed by atoms with van der Waals surface area (Å²) in [4.78, 5) is 39.6. The van der Waals surface area contributed by atoms with Gasteiger partial charge < -0.3 is 5.32 Å². The minimum atomic E-state index is -0.355. The number of benzene rings is 1. The summed E-state index contributed by atoms with van der Waals surface area (Å²) >= 11 is 0. The Hall–Kier alpha value is -3.00. The lowest BCUT2D eigenvalue weighted by atomic mass is 10.1. The van der Waals surface area contributed by atoms with Gasteiger partial charge in [0.05, 0.1) is 23.9 Å². The smallest absolute Gasteiger partial charge is 0.261 e. The average Bonchev–Trinajstić information content (AvgIpc) is 3.11. The predicted molar refractivity (Wildman–Crippen MR) is 100 cm³/mol. The minimum Gasteiger partial charge on any atom is -0.325 e. The zero-order chi connectivity index (χ0) is 19.7. The first-order valence-corrected chi connectivity index (χ1v) is 8.74. The second-order valence-electron chi connectivity index (χ2n) is 7.00. The van der Waals surface area contributed by atoms with Crippen LogP contribution in [0.5, 0.6) is 0 Å². The van der Waals surface area contributed by atoms with E-state index in [0.29, 0.717) is 23.4 Å². The average molecular weight is 369 g/mol. The van der Waals surface area contributed by atoms with E-state index in [4.69, 9.17) is 0 Å². The molecule has 3 rings (SSSR count). The number of rotatable bonds is 6. The molecule has 1 aliphatic heterocycles. The molecule has 0 fully saturated rings. The highest BCUT2D eigenvalue weighted by atomic mass is 16.2. The van der Waals surface area contributed by atoms with E-state index in [1.165, 1.54) is 7.05 Å². The molecule has 1 aliphatic rings. The van der Waals surface area contributed by atoms with Gasteiger partial charge in [0, 0.05) is 44.1 Å². The maximum absolute atomic E-state index is 12.5. The number of aryl methyl sites for hydroxylation is 1. The lowest BCUT2D eigenvalue weighted by Gasteiger charge is -2.25. The molecule has 0 saturated heterocycles. The van der Waals surface area contributed by atoms with Crippen LogP contribution in [0.15, 0.2) is 30.6 Å². The fourth-order valence-corrected chi connectivity index (χ4v) is 3.03. The van der Waals surface area contributed by atoms with Gasteiger partial charge in [-0.15, -0.1) is 0 Å². The Morgan fingerprint density at radius 1 is 1.19 bits per heavy atom. The number of carbonyl (C=O) groups excluding carboxylic acids is 3. The van der Waals surface area contributed by atoms with Gasteiger partial charge in [0.25, 0.3) is 11.8 Å². The summed E-state index contributed by atoms with van der Waals surface area (Å²) in [7, 11) is 3.30. The summed E-state index contributed by atoms with van der Waals surface area (Å²) in [5, 5.41) is 6.97. The Labute approximate surface area is 157 Å². The van der Waals surface area contributed by atoms with Crippen molar-refractivity contribution in [3.05, 3.63) is 47.3 Å². The molecule has 0 saturated carbocycles. The molecule has 3 amide bonds. The van der Waals surface area contributed by atoms with Crippen molar-refractivity contribution in [2.45, 2.75) is 26.4 Å². The Kier molecular flexibility index (Phi) is 5.09. The van der Waals surface area contributed by atoms with Crippen LogP contribution in [0.25, 0.3) is 0 Å². The lowest BCUT2D eigenvalue weighted by molar-refractivity contribution is -0.117. The standard InChI is InChI=1S/C19H23N5O3/c1-12(2)24(10-13-8-20-22(3)9-13)11-17(25)21-14-5-6-15-16(7-14)19(27)23(4)18(15)26/h5-9,12H,10-11H2,1-4H3,(H,21,25). The first kappa shape index (κ1) is 18.8. The van der Waals surface area contributed by atoms with Gasteiger partial charge in [-0.25, -0.2) is 0 Å². The number of hydrogen-bond donors (Lipinski definition) is 1. The summed E-state index contributed by atoms with van der Waals surface area (Å²) in [5.74, 6) is -0.862. The van der Waals surface area contributed by atoms with E-state index in [1.807, 2.05) is 32.0 Å². The van der Waals surface area contributed by atoms with Gasteiger partial charge in [-0.05, 0) is 32.0 Å². The van der Waals surface area contributed by atoms with Crippen molar-refractivity contribution in [2.75, 3.05) is 18.9 Å². The van der Waals surface area contributed by atoms with Crippen LogP contribution >= 0.6 is 0 Å². The molecule has 2 aromatic rings. The molecule has 2 heterocycles. The molecule has 1 N–H and O–H groups in total. The van der Waals surface area contributed by atoms with E-state index in [2.05, 4.69) is 10.4 Å². The van der Waals surface area contributed by atoms with E-state index in [-0.39, 0.29) is 30.3 Å². The van der Waals surface area contributed by atoms with E-state index >= 15 is 0 Å². The van der Waals surface area contributed by atoms with Crippen LogP contribution in [0.2, 0.25) is 0 Å². The number of anilines is 1. The van der Waals surface area contributed by atoms with Gasteiger partial charge in [-0.1, -0.05) is 0 Å². The fraction of sp³-hybridized carbons (Fsp3) is 0.368. The second-order valence-corrected chi connectivity index (χ2v) is 7.00. The Bertz CT molecular complexity index is 903. The highest BCUT2D eigenvalue weighted by molar-refractivity contribution is 6.21. The highest BCUT2D eigenvalue weighted by Gasteiger charge is 2.32. The second kappa shape index (κ2) is 7.32. The van der Waals surface area contributed by atoms with Crippen LogP contribution in [0.4, 0.5) is 5.69 Å². The zero-order valence-corrected chi connectivity index (χ0v) is 15.9. The predicted octanol–water partition coefficient (Wildman–Crippen LogP) is 1.49. The van der Waals surface area contributed by atoms with Crippen molar-refractivity contribution in [3.8, 4) is 0 Å². The highest BCUT2D eigenvalue weighted by Crippen LogP contribution is 2.24. The molecular formula is C19H23N5O3. The van der Waals surface area contributed by atoms with Crippen LogP contribution < -0.4 is 5.32 Å². The van der Waals surface area contributed by atoms with Crippen LogP contribution in [-0.2, 0) is 18.4 Å². The summed E-state index contributed by atoms with van der Waals surface area (Å²) in [6, 6.07) is 4.94. The van der Waals surface area contributed by atoms with Crippen LogP contribution in [0.1, 0.15) is 40.1 Å². The number of nitrogens with zero attached hydrogens (tertiary/aromatic N) is 4. The van der Waals surface area contributed by atoms with Crippen molar-refractivity contribution >= 4 is 23.4 Å². The molecule has 27 heavy (non-hydrogen) atoms. The number of imide groups is 1. The zero-order valence-electron chi connectivity index (χ0n) is 15.9. The van der Waals surface area contributed by atoms with Crippen molar-refractivity contribution in [1.29, 1.82) is 0 Å². The quantitative estimate of drug-likeness (QED) is 0.780. The third kappa shape index (κ3) is 3.90. The number of amides is 3. The monoisotopic (exact) mass is 369 g/mol. The summed E-state index contributed by atoms with van der Waals surface area (Å²) in [6.07, 6.45) is 3.71. The van der Waals surface area contributed by atoms with Crippen molar-refractivity contribution in [1.82, 2.24) is 19.6 Å². The first-order valence-electron chi connectivity index (χ1n) is 8.74. The molecule has 0 spiro atoms. The van der Waals surface area contributed by atoms with Gasteiger partial charge in [-0.3, -0.25) is 28.9 Å². The molecule has 0 aliphatic carbocycles. The number of aromatic nitrogens is 2. The molecule has 1 aromatic heterocycles. The molecule has 8 heteroatoms. The number of fused-ring (bicyclic) bond motifs is 1. The Morgan fingerprint density at radius 2 is 1.89 bits per heavy atom. The number of carbonyl (C=O) groups is 3. The number of nitrogens with one attached hydrogen (secondary N) is 1. The van der Waals surface area contributed by atoms with Crippen LogP contribution in [0.3, 0.4) is 0 Å². The molecule has 0 radical (unpaired) electrons. The van der Waals surface area contributed by atoms with Gasteiger partial charge in [0.2, 0.25) is 5.91 Å². The van der Waals surface area contributed by atoms with E-state index in [1.54, 1.807) is 29.1 Å². The minimum absolute atomic E-state index is 0.170. The first-order chi connectivity index (χ1) is 12.8. The lowest BCUT2D eigenvalue weighted by Crippen LogP contribution is -2.37. The molecule has 1 aromatic carbocycles. The summed E-state index contributed by atoms with van der Waals surface area (Å²) < 4.78 is 1.73. The van der Waals surface area contributed by atoms with Gasteiger partial charge >= 0.3 is 0 Å². The fourth-order valence-electron chi connectivity index (χ4n) is 3.03. The van der Waals surface area contributed by atoms with Crippen molar-refractivity contribution in [3.63, 3.8) is 0 Å². The maximum atomic E-state index is 12.5. The molecule has 8 nitrogen and oxygen atoms in total. The van der Waals surface area contributed by atoms with E-state index in [0.717, 1.165) is 10.5 Å². The van der Waals surface area contributed by atoms with E-state index < -0.39 is 0 Å². The molecule has 0 atom stereocenters. The van der Waals surface area contributed by atoms with Crippen LogP contribution in [0, 0.1) is 0 Å². The third-order valence-corrected chi connectivity index (χ3v) is 4.59. The topological polar surface area (TPSA) is 87.5 Å². The summed E-state index contributed by atoms with van der Waals surface area (Å²) in [5.41, 5.74) is 2.21. The Balaban J connectivity index is 1.68. The van der Waals surface area contributed by atoms with Gasteiger partial charge in [-0.2, -0.15) is 5.10 Å². The third-order valence-electron chi connectivity index (χ3n) is 4.59. The molecule has 0 bridgehead atoms. The number of hydrogen-bond acceptors (Lipinski definition) is 5. The van der Waals surface area contributed by atoms with Crippen molar-refractivity contribution < 1.29 is 14.4 Å². The van der Waals surface area contributed by atoms with Crippen LogP contribution in [-0.4, -0.2) is 56.9 Å². The van der Waals surface area contributed by atoms with E-state index in [9.17, 15) is 14.4 Å². The van der Waals surface area contributed by atoms with Gasteiger partial charge in [0.15, 0.2) is 0 Å². The maximum Gasteiger partial charge on any atom is 0.261 e. The SMILES string of the molecule is CC(C)N(CC(=O)Nc1ccc2c(c1)C(=O)N(C)C2=O)Cc1cnn(C)c1. The molecule has 0 unspecified atom stereocenters. The largest absolute Gasteiger partial charge is 0.325 e. The Morgan fingerprint density at radius 3 is 2.52 bits per heavy atom. The molecular weight excluding hydrogens is 346 g/mol. The van der Waals surface area contributed by atoms with Gasteiger partial charge in [0.1, 0.15) is 0 Å². The summed E-state index contributed by atoms with van der Waals surface area (Å²) in [6.45, 7) is 4.87. The normalized spacial score (nSPS) is 13.6.